The molecular weight excluding hydrogens is 334 g/mol. The Kier molecular flexibility index (Phi) is 5.69. The highest BCUT2D eigenvalue weighted by atomic mass is 32.2. The van der Waals surface area contributed by atoms with Crippen LogP contribution in [0.2, 0.25) is 0 Å². The molecule has 130 valence electrons. The van der Waals surface area contributed by atoms with E-state index in [1.54, 1.807) is 0 Å². The molecule has 24 heavy (non-hydrogen) atoms. The van der Waals surface area contributed by atoms with E-state index in [1.807, 2.05) is 50.2 Å². The lowest BCUT2D eigenvalue weighted by Gasteiger charge is -2.25. The topological polar surface area (TPSA) is 49.4 Å². The lowest BCUT2D eigenvalue weighted by Crippen LogP contribution is -2.35. The molecule has 0 unspecified atom stereocenters. The van der Waals surface area contributed by atoms with Gasteiger partial charge in [0.25, 0.3) is 0 Å². The number of rotatable bonds is 6. The zero-order chi connectivity index (χ0) is 17.9. The molecule has 0 saturated carbocycles. The molecule has 0 aliphatic carbocycles. The number of hydrogen-bond donors (Lipinski definition) is 1. The van der Waals surface area contributed by atoms with E-state index in [9.17, 15) is 17.2 Å². The van der Waals surface area contributed by atoms with Crippen molar-refractivity contribution in [1.82, 2.24) is 9.62 Å². The van der Waals surface area contributed by atoms with Gasteiger partial charge >= 0.3 is 0 Å². The molecule has 0 aliphatic rings. The Morgan fingerprint density at radius 2 is 1.71 bits per heavy atom. The van der Waals surface area contributed by atoms with Gasteiger partial charge in [-0.3, -0.25) is 0 Å². The lowest BCUT2D eigenvalue weighted by atomic mass is 10.0. The molecule has 0 bridgehead atoms. The van der Waals surface area contributed by atoms with Gasteiger partial charge in [0.15, 0.2) is 0 Å². The summed E-state index contributed by atoms with van der Waals surface area (Å²) in [6.45, 7) is 2.00. The van der Waals surface area contributed by atoms with Crippen molar-refractivity contribution in [3.63, 3.8) is 0 Å². The molecule has 0 spiro atoms. The van der Waals surface area contributed by atoms with E-state index in [2.05, 4.69) is 4.72 Å². The van der Waals surface area contributed by atoms with Crippen molar-refractivity contribution < 1.29 is 17.2 Å². The summed E-state index contributed by atoms with van der Waals surface area (Å²) in [5.74, 6) is -1.79. The van der Waals surface area contributed by atoms with Gasteiger partial charge in [-0.25, -0.2) is 21.9 Å². The number of benzene rings is 2. The number of halogens is 2. The fourth-order valence-corrected chi connectivity index (χ4v) is 3.46. The van der Waals surface area contributed by atoms with Gasteiger partial charge in [-0.05, 0) is 44.8 Å². The number of nitrogens with one attached hydrogen (secondary N) is 1. The highest BCUT2D eigenvalue weighted by molar-refractivity contribution is 7.89. The van der Waals surface area contributed by atoms with Gasteiger partial charge in [-0.2, -0.15) is 0 Å². The second-order valence-corrected chi connectivity index (χ2v) is 7.55. The van der Waals surface area contributed by atoms with Crippen LogP contribution < -0.4 is 4.72 Å². The summed E-state index contributed by atoms with van der Waals surface area (Å²) in [5.41, 5.74) is 2.02. The third-order valence-electron chi connectivity index (χ3n) is 3.73. The van der Waals surface area contributed by atoms with Gasteiger partial charge < -0.3 is 4.90 Å². The first-order valence-electron chi connectivity index (χ1n) is 7.38. The first kappa shape index (κ1) is 18.5. The van der Waals surface area contributed by atoms with E-state index in [-0.39, 0.29) is 12.6 Å². The predicted molar refractivity (Wildman–Crippen MR) is 89.2 cm³/mol. The van der Waals surface area contributed by atoms with Crippen LogP contribution in [0.15, 0.2) is 47.4 Å². The van der Waals surface area contributed by atoms with E-state index >= 15 is 0 Å². The molecule has 0 aliphatic heterocycles. The Labute approximate surface area is 141 Å². The zero-order valence-electron chi connectivity index (χ0n) is 13.8. The highest BCUT2D eigenvalue weighted by Gasteiger charge is 2.23. The normalized spacial score (nSPS) is 13.2. The quantitative estimate of drug-likeness (QED) is 0.868. The number of hydrogen-bond acceptors (Lipinski definition) is 3. The number of nitrogens with zero attached hydrogens (tertiary/aromatic N) is 1. The smallest absolute Gasteiger partial charge is 0.243 e. The Bertz CT molecular complexity index is 806. The van der Waals surface area contributed by atoms with E-state index in [0.29, 0.717) is 6.07 Å². The summed E-state index contributed by atoms with van der Waals surface area (Å²) in [6, 6.07) is 9.81. The molecule has 2 rings (SSSR count). The summed E-state index contributed by atoms with van der Waals surface area (Å²) in [5, 5.41) is 0. The molecule has 0 saturated heterocycles. The largest absolute Gasteiger partial charge is 0.301 e. The maximum atomic E-state index is 13.7. The van der Waals surface area contributed by atoms with Crippen LogP contribution in [0.5, 0.6) is 0 Å². The third-order valence-corrected chi connectivity index (χ3v) is 5.17. The van der Waals surface area contributed by atoms with Crippen molar-refractivity contribution in [2.75, 3.05) is 20.6 Å². The molecule has 0 fully saturated rings. The molecule has 1 N–H and O–H groups in total. The van der Waals surface area contributed by atoms with Crippen LogP contribution in [0.25, 0.3) is 0 Å². The van der Waals surface area contributed by atoms with Crippen LogP contribution in [-0.2, 0) is 10.0 Å². The summed E-state index contributed by atoms with van der Waals surface area (Å²) in [7, 11) is -0.508. The van der Waals surface area contributed by atoms with Crippen LogP contribution in [-0.4, -0.2) is 34.0 Å². The minimum Gasteiger partial charge on any atom is -0.301 e. The lowest BCUT2D eigenvalue weighted by molar-refractivity contribution is 0.299. The summed E-state index contributed by atoms with van der Waals surface area (Å²) < 4.78 is 53.9. The van der Waals surface area contributed by atoms with Gasteiger partial charge in [0.05, 0.1) is 0 Å². The third kappa shape index (κ3) is 4.37. The average molecular weight is 354 g/mol. The zero-order valence-corrected chi connectivity index (χ0v) is 14.6. The Morgan fingerprint density at radius 3 is 2.29 bits per heavy atom. The van der Waals surface area contributed by atoms with Gasteiger partial charge in [-0.15, -0.1) is 0 Å². The second kappa shape index (κ2) is 7.38. The summed E-state index contributed by atoms with van der Waals surface area (Å²) in [6.07, 6.45) is 0. The number of sulfonamides is 1. The molecular formula is C17H20F2N2O2S. The average Bonchev–Trinajstić information content (AvgIpc) is 2.51. The first-order chi connectivity index (χ1) is 11.2. The molecule has 2 aromatic rings. The fraction of sp³-hybridized carbons (Fsp3) is 0.294. The fourth-order valence-electron chi connectivity index (χ4n) is 2.34. The molecule has 4 nitrogen and oxygen atoms in total. The van der Waals surface area contributed by atoms with E-state index < -0.39 is 26.6 Å². The Hall–Kier alpha value is -1.83. The minimum absolute atomic E-state index is 0.0361. The van der Waals surface area contributed by atoms with Gasteiger partial charge in [-0.1, -0.05) is 29.8 Å². The number of aryl methyl sites for hydroxylation is 1. The van der Waals surface area contributed by atoms with E-state index in [0.717, 1.165) is 23.3 Å². The van der Waals surface area contributed by atoms with Crippen molar-refractivity contribution in [1.29, 1.82) is 0 Å². The van der Waals surface area contributed by atoms with Gasteiger partial charge in [0.1, 0.15) is 16.5 Å². The van der Waals surface area contributed by atoms with Gasteiger partial charge in [0, 0.05) is 12.6 Å². The van der Waals surface area contributed by atoms with Crippen molar-refractivity contribution in [3.05, 3.63) is 65.2 Å². The standard InChI is InChI=1S/C17H20F2N2O2S/c1-12-4-6-13(7-5-12)16(21(2)3)11-20-24(22,23)17-10-14(18)8-9-15(17)19/h4-10,16,20H,11H2,1-3H3/t16-/m1/s1. The van der Waals surface area contributed by atoms with Crippen molar-refractivity contribution in [3.8, 4) is 0 Å². The highest BCUT2D eigenvalue weighted by Crippen LogP contribution is 2.20. The van der Waals surface area contributed by atoms with E-state index in [1.165, 1.54) is 0 Å². The Morgan fingerprint density at radius 1 is 1.08 bits per heavy atom. The van der Waals surface area contributed by atoms with E-state index in [4.69, 9.17) is 0 Å². The second-order valence-electron chi connectivity index (χ2n) is 5.82. The van der Waals surface area contributed by atoms with Crippen LogP contribution in [0.3, 0.4) is 0 Å². The monoisotopic (exact) mass is 354 g/mol. The van der Waals surface area contributed by atoms with Crippen LogP contribution in [0.1, 0.15) is 17.2 Å². The molecule has 0 aromatic heterocycles. The van der Waals surface area contributed by atoms with Crippen LogP contribution >= 0.6 is 0 Å². The van der Waals surface area contributed by atoms with Crippen molar-refractivity contribution in [2.24, 2.45) is 0 Å². The summed E-state index contributed by atoms with van der Waals surface area (Å²) in [4.78, 5) is 1.17. The predicted octanol–water partition coefficient (Wildman–Crippen LogP) is 2.85. The molecule has 0 heterocycles. The molecule has 1 atom stereocenters. The number of likely N-dealkylation sites (N-methyl/N-ethyl adjacent to an activating group) is 1. The van der Waals surface area contributed by atoms with Crippen molar-refractivity contribution in [2.45, 2.75) is 17.9 Å². The maximum Gasteiger partial charge on any atom is 0.243 e. The maximum absolute atomic E-state index is 13.7. The Balaban J connectivity index is 2.22. The molecule has 7 heteroatoms. The molecule has 0 radical (unpaired) electrons. The molecule has 0 amide bonds. The SMILES string of the molecule is Cc1ccc([C@@H](CNS(=O)(=O)c2cc(F)ccc2F)N(C)C)cc1. The van der Waals surface area contributed by atoms with Gasteiger partial charge in [0.2, 0.25) is 10.0 Å². The van der Waals surface area contributed by atoms with Crippen LogP contribution in [0.4, 0.5) is 8.78 Å². The van der Waals surface area contributed by atoms with Crippen LogP contribution in [0, 0.1) is 18.6 Å². The molecule has 2 aromatic carbocycles. The first-order valence-corrected chi connectivity index (χ1v) is 8.87. The van der Waals surface area contributed by atoms with Crippen molar-refractivity contribution >= 4 is 10.0 Å². The minimum atomic E-state index is -4.15. The summed E-state index contributed by atoms with van der Waals surface area (Å²) >= 11 is 0.